The van der Waals surface area contributed by atoms with E-state index in [9.17, 15) is 9.59 Å². The number of ether oxygens (including phenoxy) is 1. The Bertz CT molecular complexity index is 1020. The van der Waals surface area contributed by atoms with E-state index in [-0.39, 0.29) is 12.3 Å². The van der Waals surface area contributed by atoms with Crippen LogP contribution in [0, 0.1) is 0 Å². The molecule has 0 aliphatic carbocycles. The van der Waals surface area contributed by atoms with E-state index in [0.717, 1.165) is 19.0 Å². The summed E-state index contributed by atoms with van der Waals surface area (Å²) < 4.78 is 5.42. The van der Waals surface area contributed by atoms with Crippen LogP contribution < -0.4 is 26.5 Å². The van der Waals surface area contributed by atoms with Gasteiger partial charge in [-0.2, -0.15) is 0 Å². The lowest BCUT2D eigenvalue weighted by molar-refractivity contribution is -0.158. The van der Waals surface area contributed by atoms with E-state index in [0.29, 0.717) is 6.54 Å². The van der Waals surface area contributed by atoms with Gasteiger partial charge in [-0.05, 0) is 77.1 Å². The lowest BCUT2D eigenvalue weighted by Gasteiger charge is -2.27. The van der Waals surface area contributed by atoms with E-state index in [1.54, 1.807) is 7.05 Å². The molecule has 196 valence electrons. The summed E-state index contributed by atoms with van der Waals surface area (Å²) in [6.45, 7) is 6.03. The summed E-state index contributed by atoms with van der Waals surface area (Å²) in [4.78, 5) is 24.9. The zero-order valence-corrected chi connectivity index (χ0v) is 23.3. The molecule has 3 aromatic rings. The summed E-state index contributed by atoms with van der Waals surface area (Å²) in [6, 6.07) is 31.8. The van der Waals surface area contributed by atoms with Crippen LogP contribution in [0.2, 0.25) is 0 Å². The van der Waals surface area contributed by atoms with Gasteiger partial charge in [0.05, 0.1) is 12.6 Å². The number of esters is 1. The highest BCUT2D eigenvalue weighted by molar-refractivity contribution is 7.95. The topological polar surface area (TPSA) is 67.4 Å². The molecule has 6 heteroatoms. The fraction of sp³-hybridized carbons (Fsp3) is 0.355. The zero-order chi connectivity index (χ0) is 26.7. The molecule has 0 heterocycles. The average molecular weight is 520 g/mol. The minimum atomic E-state index is -1.86. The van der Waals surface area contributed by atoms with E-state index in [4.69, 9.17) is 4.74 Å². The van der Waals surface area contributed by atoms with Crippen LogP contribution in [0.15, 0.2) is 91.0 Å². The van der Waals surface area contributed by atoms with Crippen LogP contribution in [0.3, 0.4) is 0 Å². The maximum absolute atomic E-state index is 12.6. The van der Waals surface area contributed by atoms with Crippen LogP contribution in [-0.2, 0) is 14.3 Å². The Balaban J connectivity index is 1.68. The van der Waals surface area contributed by atoms with Gasteiger partial charge in [0, 0.05) is 6.54 Å². The Labute approximate surface area is 222 Å². The number of rotatable bonds is 12. The summed E-state index contributed by atoms with van der Waals surface area (Å²) in [5.41, 5.74) is -0.589. The lowest BCUT2D eigenvalue weighted by atomic mass is 10.1. The van der Waals surface area contributed by atoms with Crippen LogP contribution in [0.4, 0.5) is 0 Å². The number of unbranched alkanes of at least 4 members (excludes halogenated alkanes) is 1. The summed E-state index contributed by atoms with van der Waals surface area (Å²) in [5, 5.41) is 10.00. The van der Waals surface area contributed by atoms with Gasteiger partial charge in [-0.3, -0.25) is 9.59 Å². The smallest absolute Gasteiger partial charge is 0.324 e. The molecule has 0 fully saturated rings. The average Bonchev–Trinajstić information content (AvgIpc) is 2.90. The number of nitrogens with one attached hydrogen (secondary N) is 2. The number of carbonyl (C=O) groups excluding carboxylic acids is 2. The van der Waals surface area contributed by atoms with Gasteiger partial charge in [-0.15, -0.1) is 0 Å². The molecule has 0 saturated heterocycles. The van der Waals surface area contributed by atoms with Gasteiger partial charge in [0.25, 0.3) is 0 Å². The third-order valence-corrected chi connectivity index (χ3v) is 10.8. The SMILES string of the molecule is CNC(CC(=O)NCCCC[P+](c1ccccc1)(c1ccccc1)c1ccccc1)C(=O)OC(C)(C)C. The molecule has 1 atom stereocenters. The highest BCUT2D eigenvalue weighted by atomic mass is 31.2. The minimum absolute atomic E-state index is 0.0559. The van der Waals surface area contributed by atoms with Gasteiger partial charge < -0.3 is 15.4 Å². The predicted molar refractivity (Wildman–Crippen MR) is 156 cm³/mol. The van der Waals surface area contributed by atoms with Crippen molar-refractivity contribution in [2.45, 2.75) is 51.7 Å². The normalized spacial score (nSPS) is 12.5. The van der Waals surface area contributed by atoms with Crippen LogP contribution in [0.5, 0.6) is 0 Å². The van der Waals surface area contributed by atoms with E-state index in [2.05, 4.69) is 102 Å². The molecule has 0 radical (unpaired) electrons. The second-order valence-electron chi connectivity index (χ2n) is 10.2. The monoisotopic (exact) mass is 519 g/mol. The van der Waals surface area contributed by atoms with Crippen LogP contribution in [0.1, 0.15) is 40.0 Å². The molecule has 1 unspecified atom stereocenters. The number of hydrogen-bond donors (Lipinski definition) is 2. The summed E-state index contributed by atoms with van der Waals surface area (Å²) in [7, 11) is -0.193. The molecular formula is C31H40N2O3P+. The van der Waals surface area contributed by atoms with Gasteiger partial charge in [0.1, 0.15) is 34.8 Å². The standard InChI is InChI=1S/C31H39N2O3P/c1-31(2,3)36-30(35)28(32-4)24-29(34)33-22-14-15-23-37(25-16-8-5-9-17-25,26-18-10-6-11-19-26)27-20-12-7-13-21-27/h5-13,16-21,28,32H,14-15,22-24H2,1-4H3/p+1. The first-order valence-electron chi connectivity index (χ1n) is 13.0. The van der Waals surface area contributed by atoms with Gasteiger partial charge >= 0.3 is 5.97 Å². The molecule has 3 aromatic carbocycles. The zero-order valence-electron chi connectivity index (χ0n) is 22.4. The predicted octanol–water partition coefficient (Wildman–Crippen LogP) is 4.20. The Morgan fingerprint density at radius 1 is 0.784 bits per heavy atom. The summed E-state index contributed by atoms with van der Waals surface area (Å²) >= 11 is 0. The van der Waals surface area contributed by atoms with Crippen molar-refractivity contribution >= 4 is 35.1 Å². The highest BCUT2D eigenvalue weighted by Gasteiger charge is 2.44. The van der Waals surface area contributed by atoms with Crippen molar-refractivity contribution in [3.05, 3.63) is 91.0 Å². The van der Waals surface area contributed by atoms with Gasteiger partial charge in [0.2, 0.25) is 5.91 Å². The largest absolute Gasteiger partial charge is 0.459 e. The molecule has 5 nitrogen and oxygen atoms in total. The van der Waals surface area contributed by atoms with E-state index in [1.807, 2.05) is 20.8 Å². The quantitative estimate of drug-likeness (QED) is 0.214. The van der Waals surface area contributed by atoms with Crippen LogP contribution >= 0.6 is 7.26 Å². The highest BCUT2D eigenvalue weighted by Crippen LogP contribution is 2.55. The summed E-state index contributed by atoms with van der Waals surface area (Å²) in [5.74, 6) is -0.561. The van der Waals surface area contributed by atoms with Crippen molar-refractivity contribution < 1.29 is 14.3 Å². The first-order valence-corrected chi connectivity index (χ1v) is 15.0. The third-order valence-electron chi connectivity index (χ3n) is 6.26. The number of amides is 1. The van der Waals surface area contributed by atoms with Crippen molar-refractivity contribution in [2.24, 2.45) is 0 Å². The van der Waals surface area contributed by atoms with Gasteiger partial charge in [0.15, 0.2) is 0 Å². The van der Waals surface area contributed by atoms with Gasteiger partial charge in [-0.25, -0.2) is 0 Å². The fourth-order valence-electron chi connectivity index (χ4n) is 4.52. The van der Waals surface area contributed by atoms with E-state index >= 15 is 0 Å². The van der Waals surface area contributed by atoms with E-state index < -0.39 is 24.9 Å². The van der Waals surface area contributed by atoms with Crippen molar-refractivity contribution in [3.8, 4) is 0 Å². The molecule has 0 aromatic heterocycles. The lowest BCUT2D eigenvalue weighted by Crippen LogP contribution is -2.43. The van der Waals surface area contributed by atoms with Crippen molar-refractivity contribution in [2.75, 3.05) is 19.8 Å². The molecule has 2 N–H and O–H groups in total. The number of carbonyl (C=O) groups is 2. The number of hydrogen-bond acceptors (Lipinski definition) is 4. The fourth-order valence-corrected chi connectivity index (χ4v) is 8.93. The molecule has 0 aliphatic rings. The number of likely N-dealkylation sites (N-methyl/N-ethyl adjacent to an activating group) is 1. The Morgan fingerprint density at radius 2 is 1.24 bits per heavy atom. The van der Waals surface area contributed by atoms with Crippen LogP contribution in [0.25, 0.3) is 0 Å². The first-order chi connectivity index (χ1) is 17.8. The van der Waals surface area contributed by atoms with E-state index in [1.165, 1.54) is 15.9 Å². The maximum atomic E-state index is 12.6. The molecule has 0 aliphatic heterocycles. The molecular weight excluding hydrogens is 479 g/mol. The Hall–Kier alpha value is -3.01. The Morgan fingerprint density at radius 3 is 1.65 bits per heavy atom. The molecule has 0 bridgehead atoms. The van der Waals surface area contributed by atoms with Crippen molar-refractivity contribution in [1.82, 2.24) is 10.6 Å². The summed E-state index contributed by atoms with van der Waals surface area (Å²) in [6.07, 6.45) is 2.89. The van der Waals surface area contributed by atoms with Crippen molar-refractivity contribution in [1.29, 1.82) is 0 Å². The molecule has 1 amide bonds. The van der Waals surface area contributed by atoms with Crippen molar-refractivity contribution in [3.63, 3.8) is 0 Å². The number of benzene rings is 3. The Kier molecular flexibility index (Phi) is 10.4. The maximum Gasteiger partial charge on any atom is 0.324 e. The third kappa shape index (κ3) is 7.99. The molecule has 0 spiro atoms. The second kappa shape index (κ2) is 13.5. The molecule has 3 rings (SSSR count). The van der Waals surface area contributed by atoms with Gasteiger partial charge in [-0.1, -0.05) is 54.6 Å². The second-order valence-corrected chi connectivity index (χ2v) is 13.8. The first kappa shape index (κ1) is 28.6. The minimum Gasteiger partial charge on any atom is -0.459 e. The molecule has 37 heavy (non-hydrogen) atoms. The van der Waals surface area contributed by atoms with Crippen LogP contribution in [-0.4, -0.2) is 43.3 Å². The molecule has 0 saturated carbocycles.